The fraction of sp³-hybridized carbons (Fsp3) is 0.400. The molecule has 2 nitrogen and oxygen atoms in total. The van der Waals surface area contributed by atoms with Crippen molar-refractivity contribution in [2.75, 3.05) is 6.61 Å². The molecule has 0 heterocycles. The molecular formula is C15H18O2. The van der Waals surface area contributed by atoms with Crippen molar-refractivity contribution >= 4 is 11.5 Å². The van der Waals surface area contributed by atoms with Crippen LogP contribution in [0.15, 0.2) is 30.3 Å². The molecule has 0 saturated heterocycles. The van der Waals surface area contributed by atoms with E-state index < -0.39 is 0 Å². The van der Waals surface area contributed by atoms with Gasteiger partial charge in [0.15, 0.2) is 0 Å². The summed E-state index contributed by atoms with van der Waals surface area (Å²) in [6, 6.07) is 8.26. The standard InChI is InChI=1S/C15H18O2/c1-4-17-14(16)9-13-12-8-6-5-7-11(12)10-15(13,2)3/h5-9H,4,10H2,1-3H3/b13-9+. The zero-order chi connectivity index (χ0) is 12.5. The molecule has 90 valence electrons. The van der Waals surface area contributed by atoms with Crippen molar-refractivity contribution in [3.63, 3.8) is 0 Å². The van der Waals surface area contributed by atoms with Gasteiger partial charge in [-0.15, -0.1) is 0 Å². The minimum absolute atomic E-state index is 0.0104. The van der Waals surface area contributed by atoms with Crippen LogP contribution in [-0.4, -0.2) is 12.6 Å². The SMILES string of the molecule is CCOC(=O)/C=C1\c2ccccc2CC1(C)C. The maximum atomic E-state index is 11.6. The summed E-state index contributed by atoms with van der Waals surface area (Å²) in [6.45, 7) is 6.57. The molecule has 0 aliphatic heterocycles. The van der Waals surface area contributed by atoms with Crippen LogP contribution in [0, 0.1) is 5.41 Å². The van der Waals surface area contributed by atoms with E-state index in [1.54, 1.807) is 6.08 Å². The van der Waals surface area contributed by atoms with E-state index in [1.165, 1.54) is 11.1 Å². The van der Waals surface area contributed by atoms with E-state index in [2.05, 4.69) is 26.0 Å². The van der Waals surface area contributed by atoms with Gasteiger partial charge in [-0.25, -0.2) is 4.79 Å². The van der Waals surface area contributed by atoms with Gasteiger partial charge in [0.05, 0.1) is 6.61 Å². The van der Waals surface area contributed by atoms with Crippen LogP contribution < -0.4 is 0 Å². The Morgan fingerprint density at radius 3 is 2.82 bits per heavy atom. The zero-order valence-electron chi connectivity index (χ0n) is 10.6. The molecule has 1 aliphatic rings. The van der Waals surface area contributed by atoms with Crippen LogP contribution in [0.3, 0.4) is 0 Å². The monoisotopic (exact) mass is 230 g/mol. The van der Waals surface area contributed by atoms with E-state index in [-0.39, 0.29) is 11.4 Å². The lowest BCUT2D eigenvalue weighted by Crippen LogP contribution is -2.11. The van der Waals surface area contributed by atoms with Crippen molar-refractivity contribution in [2.45, 2.75) is 27.2 Å². The first-order valence-corrected chi connectivity index (χ1v) is 6.02. The first kappa shape index (κ1) is 11.9. The van der Waals surface area contributed by atoms with Crippen LogP contribution in [0.1, 0.15) is 31.9 Å². The molecule has 1 aromatic rings. The van der Waals surface area contributed by atoms with Gasteiger partial charge in [-0.3, -0.25) is 0 Å². The second-order valence-corrected chi connectivity index (χ2v) is 5.03. The summed E-state index contributed by atoms with van der Waals surface area (Å²) < 4.78 is 5.00. The number of hydrogen-bond donors (Lipinski definition) is 0. The van der Waals surface area contributed by atoms with Crippen LogP contribution in [-0.2, 0) is 16.0 Å². The molecule has 1 aliphatic carbocycles. The third-order valence-corrected chi connectivity index (χ3v) is 3.22. The highest BCUT2D eigenvalue weighted by molar-refractivity contribution is 5.94. The van der Waals surface area contributed by atoms with Gasteiger partial charge in [-0.05, 0) is 35.5 Å². The number of fused-ring (bicyclic) bond motifs is 1. The van der Waals surface area contributed by atoms with Crippen LogP contribution in [0.2, 0.25) is 0 Å². The highest BCUT2D eigenvalue weighted by Gasteiger charge is 2.33. The number of allylic oxidation sites excluding steroid dienone is 1. The quantitative estimate of drug-likeness (QED) is 0.576. The van der Waals surface area contributed by atoms with E-state index >= 15 is 0 Å². The highest BCUT2D eigenvalue weighted by Crippen LogP contribution is 2.45. The average molecular weight is 230 g/mol. The topological polar surface area (TPSA) is 26.3 Å². The van der Waals surface area contributed by atoms with Gasteiger partial charge in [0, 0.05) is 6.08 Å². The second-order valence-electron chi connectivity index (χ2n) is 5.03. The lowest BCUT2D eigenvalue weighted by molar-refractivity contribution is -0.137. The van der Waals surface area contributed by atoms with Crippen molar-refractivity contribution < 1.29 is 9.53 Å². The zero-order valence-corrected chi connectivity index (χ0v) is 10.6. The van der Waals surface area contributed by atoms with E-state index in [4.69, 9.17) is 4.74 Å². The van der Waals surface area contributed by atoms with Gasteiger partial charge in [0.2, 0.25) is 0 Å². The Labute approximate surface area is 102 Å². The number of benzene rings is 1. The van der Waals surface area contributed by atoms with Crippen molar-refractivity contribution in [3.05, 3.63) is 41.5 Å². The molecule has 0 atom stereocenters. The maximum Gasteiger partial charge on any atom is 0.331 e. The predicted octanol–water partition coefficient (Wildman–Crippen LogP) is 3.22. The first-order chi connectivity index (χ1) is 8.04. The summed E-state index contributed by atoms with van der Waals surface area (Å²) in [5, 5.41) is 0. The minimum atomic E-state index is -0.243. The molecule has 0 unspecified atom stereocenters. The summed E-state index contributed by atoms with van der Waals surface area (Å²) in [7, 11) is 0. The molecule has 1 aromatic carbocycles. The Balaban J connectivity index is 2.41. The summed E-state index contributed by atoms with van der Waals surface area (Å²) in [4.78, 5) is 11.6. The van der Waals surface area contributed by atoms with Gasteiger partial charge in [0.25, 0.3) is 0 Å². The molecule has 0 spiro atoms. The van der Waals surface area contributed by atoms with Crippen molar-refractivity contribution in [1.82, 2.24) is 0 Å². The number of carbonyl (C=O) groups excluding carboxylic acids is 1. The number of carbonyl (C=O) groups is 1. The molecule has 0 fully saturated rings. The third-order valence-electron chi connectivity index (χ3n) is 3.22. The number of rotatable bonds is 2. The smallest absolute Gasteiger partial charge is 0.331 e. The van der Waals surface area contributed by atoms with Gasteiger partial charge in [-0.1, -0.05) is 38.1 Å². The second kappa shape index (κ2) is 4.36. The van der Waals surface area contributed by atoms with E-state index in [1.807, 2.05) is 19.1 Å². The summed E-state index contributed by atoms with van der Waals surface area (Å²) in [6.07, 6.45) is 2.63. The molecule has 0 aromatic heterocycles. The largest absolute Gasteiger partial charge is 0.463 e. The molecule has 0 amide bonds. The van der Waals surface area contributed by atoms with E-state index in [0.29, 0.717) is 6.61 Å². The Kier molecular flexibility index (Phi) is 3.05. The average Bonchev–Trinajstić information content (AvgIpc) is 2.51. The highest BCUT2D eigenvalue weighted by atomic mass is 16.5. The molecule has 2 rings (SSSR count). The Bertz CT molecular complexity index is 470. The number of ether oxygens (including phenoxy) is 1. The molecule has 0 radical (unpaired) electrons. The fourth-order valence-electron chi connectivity index (χ4n) is 2.45. The Morgan fingerprint density at radius 2 is 2.12 bits per heavy atom. The molecular weight excluding hydrogens is 212 g/mol. The Hall–Kier alpha value is -1.57. The molecule has 0 N–H and O–H groups in total. The minimum Gasteiger partial charge on any atom is -0.463 e. The van der Waals surface area contributed by atoms with Gasteiger partial charge in [-0.2, -0.15) is 0 Å². The van der Waals surface area contributed by atoms with Crippen LogP contribution in [0.25, 0.3) is 5.57 Å². The number of hydrogen-bond acceptors (Lipinski definition) is 2. The summed E-state index contributed by atoms with van der Waals surface area (Å²) >= 11 is 0. The molecule has 2 heteroatoms. The predicted molar refractivity (Wildman–Crippen MR) is 68.5 cm³/mol. The van der Waals surface area contributed by atoms with Crippen molar-refractivity contribution in [3.8, 4) is 0 Å². The number of esters is 1. The van der Waals surface area contributed by atoms with E-state index in [9.17, 15) is 4.79 Å². The third kappa shape index (κ3) is 2.26. The summed E-state index contributed by atoms with van der Waals surface area (Å²) in [5.41, 5.74) is 3.60. The first-order valence-electron chi connectivity index (χ1n) is 6.02. The van der Waals surface area contributed by atoms with Crippen LogP contribution in [0.4, 0.5) is 0 Å². The molecule has 0 bridgehead atoms. The summed E-state index contributed by atoms with van der Waals surface area (Å²) in [5.74, 6) is -0.243. The van der Waals surface area contributed by atoms with Crippen molar-refractivity contribution in [1.29, 1.82) is 0 Å². The van der Waals surface area contributed by atoms with Gasteiger partial charge < -0.3 is 4.74 Å². The van der Waals surface area contributed by atoms with Gasteiger partial charge in [0.1, 0.15) is 0 Å². The molecule has 17 heavy (non-hydrogen) atoms. The lowest BCUT2D eigenvalue weighted by Gasteiger charge is -2.19. The van der Waals surface area contributed by atoms with E-state index in [0.717, 1.165) is 12.0 Å². The maximum absolute atomic E-state index is 11.6. The van der Waals surface area contributed by atoms with Crippen molar-refractivity contribution in [2.24, 2.45) is 5.41 Å². The van der Waals surface area contributed by atoms with Crippen LogP contribution >= 0.6 is 0 Å². The lowest BCUT2D eigenvalue weighted by atomic mass is 9.85. The Morgan fingerprint density at radius 1 is 1.41 bits per heavy atom. The normalized spacial score (nSPS) is 19.1. The van der Waals surface area contributed by atoms with Gasteiger partial charge >= 0.3 is 5.97 Å². The molecule has 0 saturated carbocycles. The van der Waals surface area contributed by atoms with Crippen LogP contribution in [0.5, 0.6) is 0 Å². The fourth-order valence-corrected chi connectivity index (χ4v) is 2.45.